The highest BCUT2D eigenvalue weighted by molar-refractivity contribution is 5.86. The topological polar surface area (TPSA) is 75.6 Å². The largest absolute Gasteiger partial charge is 0.492 e. The predicted octanol–water partition coefficient (Wildman–Crippen LogP) is 2.15. The molecule has 0 unspecified atom stereocenters. The van der Waals surface area contributed by atoms with Gasteiger partial charge in [0.25, 0.3) is 0 Å². The Morgan fingerprint density at radius 3 is 2.64 bits per heavy atom. The molecule has 3 rings (SSSR count). The molecule has 118 valence electrons. The summed E-state index contributed by atoms with van der Waals surface area (Å²) in [5.74, 6) is -0.658. The third-order valence-corrected chi connectivity index (χ3v) is 4.85. The maximum absolute atomic E-state index is 12.5. The minimum absolute atomic E-state index is 0.0378. The van der Waals surface area contributed by atoms with Crippen molar-refractivity contribution in [2.75, 3.05) is 6.61 Å². The second-order valence-electron chi connectivity index (χ2n) is 6.39. The molecular formula is C17H21NO4. The average Bonchev–Trinajstić information content (AvgIpc) is 3.06. The Morgan fingerprint density at radius 1 is 1.23 bits per heavy atom. The van der Waals surface area contributed by atoms with Gasteiger partial charge in [-0.25, -0.2) is 0 Å². The molecule has 1 aromatic carbocycles. The molecule has 1 aliphatic carbocycles. The first-order chi connectivity index (χ1) is 10.5. The standard InChI is InChI=1S/C17H21NO4/c1-9-5-13-14(8-22-15(13)6-10(9)2)16(19)18-12-4-3-11(7-12)17(20)21/h5-6,11-12,14H,3-4,7-8H2,1-2H3,(H,18,19)(H,20,21)/t11-,12+,14+/m0/s1. The lowest BCUT2D eigenvalue weighted by Gasteiger charge is -2.16. The number of amides is 1. The van der Waals surface area contributed by atoms with Crippen molar-refractivity contribution in [3.05, 3.63) is 28.8 Å². The number of nitrogens with one attached hydrogen (secondary N) is 1. The third-order valence-electron chi connectivity index (χ3n) is 4.85. The molecular weight excluding hydrogens is 282 g/mol. The van der Waals surface area contributed by atoms with E-state index in [2.05, 4.69) is 5.32 Å². The van der Waals surface area contributed by atoms with Crippen LogP contribution in [-0.4, -0.2) is 29.6 Å². The van der Waals surface area contributed by atoms with Crippen molar-refractivity contribution in [2.45, 2.75) is 45.1 Å². The Balaban J connectivity index is 1.68. The van der Waals surface area contributed by atoms with Crippen LogP contribution in [0.4, 0.5) is 0 Å². The summed E-state index contributed by atoms with van der Waals surface area (Å²) in [5.41, 5.74) is 3.24. The van der Waals surface area contributed by atoms with E-state index in [0.29, 0.717) is 19.4 Å². The van der Waals surface area contributed by atoms with E-state index in [9.17, 15) is 9.59 Å². The highest BCUT2D eigenvalue weighted by Gasteiger charge is 2.35. The molecule has 3 atom stereocenters. The number of benzene rings is 1. The molecule has 1 heterocycles. The second kappa shape index (κ2) is 5.63. The fourth-order valence-corrected chi connectivity index (χ4v) is 3.33. The van der Waals surface area contributed by atoms with E-state index < -0.39 is 5.97 Å². The van der Waals surface area contributed by atoms with Gasteiger partial charge in [-0.3, -0.25) is 9.59 Å². The fourth-order valence-electron chi connectivity index (χ4n) is 3.33. The summed E-state index contributed by atoms with van der Waals surface area (Å²) < 4.78 is 5.64. The number of carbonyl (C=O) groups excluding carboxylic acids is 1. The van der Waals surface area contributed by atoms with Crippen molar-refractivity contribution in [2.24, 2.45) is 5.92 Å². The molecule has 0 saturated heterocycles. The molecule has 0 aromatic heterocycles. The number of ether oxygens (including phenoxy) is 1. The zero-order valence-corrected chi connectivity index (χ0v) is 12.9. The van der Waals surface area contributed by atoms with Gasteiger partial charge >= 0.3 is 5.97 Å². The first-order valence-electron chi connectivity index (χ1n) is 7.73. The SMILES string of the molecule is Cc1cc2c(cc1C)[C@H](C(=O)N[C@@H]1CC[C@H](C(=O)O)C1)CO2. The summed E-state index contributed by atoms with van der Waals surface area (Å²) in [6.07, 6.45) is 1.89. The molecule has 1 amide bonds. The molecule has 2 N–H and O–H groups in total. The van der Waals surface area contributed by atoms with Crippen LogP contribution in [0.15, 0.2) is 12.1 Å². The highest BCUT2D eigenvalue weighted by atomic mass is 16.5. The molecule has 2 aliphatic rings. The van der Waals surface area contributed by atoms with Gasteiger partial charge < -0.3 is 15.2 Å². The lowest BCUT2D eigenvalue weighted by atomic mass is 9.96. The van der Waals surface area contributed by atoms with E-state index in [1.54, 1.807) is 0 Å². The van der Waals surface area contributed by atoms with Crippen LogP contribution in [0.25, 0.3) is 0 Å². The molecule has 0 spiro atoms. The van der Waals surface area contributed by atoms with Gasteiger partial charge in [-0.05, 0) is 50.3 Å². The quantitative estimate of drug-likeness (QED) is 0.897. The van der Waals surface area contributed by atoms with Gasteiger partial charge in [-0.15, -0.1) is 0 Å². The maximum Gasteiger partial charge on any atom is 0.306 e. The minimum atomic E-state index is -0.766. The number of aliphatic carboxylic acids is 1. The number of aryl methyl sites for hydroxylation is 2. The molecule has 1 aromatic rings. The van der Waals surface area contributed by atoms with Crippen molar-refractivity contribution in [3.8, 4) is 5.75 Å². The third kappa shape index (κ3) is 2.67. The minimum Gasteiger partial charge on any atom is -0.492 e. The Labute approximate surface area is 129 Å². The van der Waals surface area contributed by atoms with Crippen molar-refractivity contribution in [1.82, 2.24) is 5.32 Å². The first kappa shape index (κ1) is 14.9. The molecule has 5 nitrogen and oxygen atoms in total. The van der Waals surface area contributed by atoms with Crippen molar-refractivity contribution >= 4 is 11.9 Å². The van der Waals surface area contributed by atoms with E-state index in [0.717, 1.165) is 28.9 Å². The van der Waals surface area contributed by atoms with E-state index in [-0.39, 0.29) is 23.8 Å². The first-order valence-corrected chi connectivity index (χ1v) is 7.73. The van der Waals surface area contributed by atoms with E-state index in [1.807, 2.05) is 26.0 Å². The molecule has 5 heteroatoms. The monoisotopic (exact) mass is 303 g/mol. The summed E-state index contributed by atoms with van der Waals surface area (Å²) >= 11 is 0. The number of hydrogen-bond acceptors (Lipinski definition) is 3. The van der Waals surface area contributed by atoms with Gasteiger partial charge in [0.1, 0.15) is 18.3 Å². The number of rotatable bonds is 3. The smallest absolute Gasteiger partial charge is 0.306 e. The van der Waals surface area contributed by atoms with Gasteiger partial charge in [0, 0.05) is 11.6 Å². The predicted molar refractivity (Wildman–Crippen MR) is 81.1 cm³/mol. The van der Waals surface area contributed by atoms with Crippen LogP contribution in [-0.2, 0) is 9.59 Å². The Hall–Kier alpha value is -2.04. The van der Waals surface area contributed by atoms with Crippen LogP contribution < -0.4 is 10.1 Å². The lowest BCUT2D eigenvalue weighted by Crippen LogP contribution is -2.37. The zero-order chi connectivity index (χ0) is 15.9. The van der Waals surface area contributed by atoms with Gasteiger partial charge in [-0.2, -0.15) is 0 Å². The maximum atomic E-state index is 12.5. The number of carboxylic acid groups (broad SMARTS) is 1. The summed E-state index contributed by atoms with van der Waals surface area (Å²) in [4.78, 5) is 23.5. The molecule has 1 fully saturated rings. The number of carbonyl (C=O) groups is 2. The van der Waals surface area contributed by atoms with Crippen molar-refractivity contribution < 1.29 is 19.4 Å². The highest BCUT2D eigenvalue weighted by Crippen LogP contribution is 2.36. The molecule has 0 bridgehead atoms. The van der Waals surface area contributed by atoms with Crippen LogP contribution in [0.5, 0.6) is 5.75 Å². The van der Waals surface area contributed by atoms with E-state index in [1.165, 1.54) is 0 Å². The Kier molecular flexibility index (Phi) is 3.81. The molecule has 22 heavy (non-hydrogen) atoms. The van der Waals surface area contributed by atoms with Gasteiger partial charge in [0.05, 0.1) is 5.92 Å². The Morgan fingerprint density at radius 2 is 1.95 bits per heavy atom. The summed E-state index contributed by atoms with van der Waals surface area (Å²) in [6.45, 7) is 4.41. The van der Waals surface area contributed by atoms with Crippen LogP contribution in [0, 0.1) is 19.8 Å². The molecule has 1 saturated carbocycles. The van der Waals surface area contributed by atoms with Crippen molar-refractivity contribution in [3.63, 3.8) is 0 Å². The van der Waals surface area contributed by atoms with Crippen molar-refractivity contribution in [1.29, 1.82) is 0 Å². The van der Waals surface area contributed by atoms with Gasteiger partial charge in [-0.1, -0.05) is 6.07 Å². The lowest BCUT2D eigenvalue weighted by molar-refractivity contribution is -0.141. The van der Waals surface area contributed by atoms with E-state index >= 15 is 0 Å². The zero-order valence-electron chi connectivity index (χ0n) is 12.9. The van der Waals surface area contributed by atoms with Gasteiger partial charge in [0.15, 0.2) is 0 Å². The molecule has 1 aliphatic heterocycles. The Bertz CT molecular complexity index is 625. The summed E-state index contributed by atoms with van der Waals surface area (Å²) in [5, 5.41) is 12.0. The van der Waals surface area contributed by atoms with Crippen LogP contribution >= 0.6 is 0 Å². The summed E-state index contributed by atoms with van der Waals surface area (Å²) in [7, 11) is 0. The van der Waals surface area contributed by atoms with Crippen LogP contribution in [0.3, 0.4) is 0 Å². The van der Waals surface area contributed by atoms with Gasteiger partial charge in [0.2, 0.25) is 5.91 Å². The molecule has 0 radical (unpaired) electrons. The normalized spacial score (nSPS) is 26.4. The summed E-state index contributed by atoms with van der Waals surface area (Å²) in [6, 6.07) is 3.97. The number of hydrogen-bond donors (Lipinski definition) is 2. The average molecular weight is 303 g/mol. The number of fused-ring (bicyclic) bond motifs is 1. The fraction of sp³-hybridized carbons (Fsp3) is 0.529. The van der Waals surface area contributed by atoms with Crippen LogP contribution in [0.1, 0.15) is 41.9 Å². The number of carboxylic acids is 1. The van der Waals surface area contributed by atoms with Crippen LogP contribution in [0.2, 0.25) is 0 Å². The second-order valence-corrected chi connectivity index (χ2v) is 6.39. The van der Waals surface area contributed by atoms with E-state index in [4.69, 9.17) is 9.84 Å².